The molecule has 2 aromatic rings. The molecule has 1 aromatic carbocycles. The summed E-state index contributed by atoms with van der Waals surface area (Å²) in [6.45, 7) is 0.923. The molecule has 1 atom stereocenters. The highest BCUT2D eigenvalue weighted by molar-refractivity contribution is 5.23. The average Bonchev–Trinajstić information content (AvgIpc) is 3.18. The van der Waals surface area contributed by atoms with E-state index in [9.17, 15) is 4.39 Å². The van der Waals surface area contributed by atoms with Crippen LogP contribution in [0.3, 0.4) is 0 Å². The minimum atomic E-state index is -0.180. The van der Waals surface area contributed by atoms with Gasteiger partial charge < -0.3 is 5.32 Å². The van der Waals surface area contributed by atoms with Gasteiger partial charge in [0.25, 0.3) is 0 Å². The van der Waals surface area contributed by atoms with Crippen LogP contribution in [0.2, 0.25) is 0 Å². The third-order valence-electron chi connectivity index (χ3n) is 3.80. The van der Waals surface area contributed by atoms with Crippen molar-refractivity contribution in [3.05, 3.63) is 53.6 Å². The Labute approximate surface area is 118 Å². The van der Waals surface area contributed by atoms with E-state index in [-0.39, 0.29) is 5.82 Å². The first-order chi connectivity index (χ1) is 9.70. The number of aryl methyl sites for hydroxylation is 1. The lowest BCUT2D eigenvalue weighted by Crippen LogP contribution is -2.25. The fourth-order valence-electron chi connectivity index (χ4n) is 2.46. The van der Waals surface area contributed by atoms with Gasteiger partial charge in [0.05, 0.1) is 5.69 Å². The summed E-state index contributed by atoms with van der Waals surface area (Å²) in [5.41, 5.74) is 2.25. The van der Waals surface area contributed by atoms with E-state index >= 15 is 0 Å². The number of nitrogens with zero attached hydrogens (tertiary/aromatic N) is 2. The quantitative estimate of drug-likeness (QED) is 0.877. The first-order valence-corrected chi connectivity index (χ1v) is 7.18. The number of hydrogen-bond acceptors (Lipinski definition) is 2. The fraction of sp³-hybridized carbons (Fsp3) is 0.438. The van der Waals surface area contributed by atoms with Crippen molar-refractivity contribution in [2.45, 2.75) is 31.2 Å². The smallest absolute Gasteiger partial charge is 0.123 e. The monoisotopic (exact) mass is 273 g/mol. The van der Waals surface area contributed by atoms with E-state index < -0.39 is 0 Å². The molecule has 1 aromatic heterocycles. The van der Waals surface area contributed by atoms with Crippen molar-refractivity contribution >= 4 is 0 Å². The van der Waals surface area contributed by atoms with Crippen LogP contribution in [0.1, 0.15) is 30.0 Å². The van der Waals surface area contributed by atoms with Crippen LogP contribution in [0.4, 0.5) is 4.39 Å². The van der Waals surface area contributed by atoms with E-state index in [4.69, 9.17) is 0 Å². The van der Waals surface area contributed by atoms with Gasteiger partial charge >= 0.3 is 0 Å². The third-order valence-corrected chi connectivity index (χ3v) is 3.80. The Hall–Kier alpha value is -1.68. The first kappa shape index (κ1) is 13.3. The highest BCUT2D eigenvalue weighted by atomic mass is 19.1. The molecule has 1 saturated carbocycles. The van der Waals surface area contributed by atoms with Crippen molar-refractivity contribution in [3.63, 3.8) is 0 Å². The maximum absolute atomic E-state index is 13.1. The average molecular weight is 273 g/mol. The number of nitrogens with one attached hydrogen (secondary N) is 1. The van der Waals surface area contributed by atoms with Gasteiger partial charge in [0.2, 0.25) is 0 Å². The Bertz CT molecular complexity index is 557. The Kier molecular flexibility index (Phi) is 3.83. The highest BCUT2D eigenvalue weighted by Crippen LogP contribution is 2.23. The van der Waals surface area contributed by atoms with Crippen molar-refractivity contribution in [1.29, 1.82) is 0 Å². The van der Waals surface area contributed by atoms with Crippen molar-refractivity contribution in [3.8, 4) is 0 Å². The summed E-state index contributed by atoms with van der Waals surface area (Å²) >= 11 is 0. The number of halogens is 1. The molecular formula is C16H20FN3. The van der Waals surface area contributed by atoms with Crippen molar-refractivity contribution < 1.29 is 4.39 Å². The largest absolute Gasteiger partial charge is 0.313 e. The van der Waals surface area contributed by atoms with Gasteiger partial charge in [-0.25, -0.2) is 4.39 Å². The predicted molar refractivity (Wildman–Crippen MR) is 77.1 cm³/mol. The van der Waals surface area contributed by atoms with Gasteiger partial charge in [-0.1, -0.05) is 12.1 Å². The second kappa shape index (κ2) is 5.75. The molecule has 106 valence electrons. The maximum Gasteiger partial charge on any atom is 0.123 e. The normalized spacial score (nSPS) is 16.3. The molecule has 3 rings (SSSR count). The Morgan fingerprint density at radius 2 is 2.05 bits per heavy atom. The van der Waals surface area contributed by atoms with Crippen LogP contribution < -0.4 is 5.32 Å². The van der Waals surface area contributed by atoms with Crippen LogP contribution in [0.5, 0.6) is 0 Å². The zero-order chi connectivity index (χ0) is 13.9. The summed E-state index contributed by atoms with van der Waals surface area (Å²) in [6.07, 6.45) is 5.40. The SMILES string of the molecule is Cn1ccc(CC(CNC2CC2)c2ccc(F)cc2)n1. The number of hydrogen-bond donors (Lipinski definition) is 1. The molecule has 1 unspecified atom stereocenters. The van der Waals surface area contributed by atoms with Crippen molar-refractivity contribution in [2.24, 2.45) is 7.05 Å². The van der Waals surface area contributed by atoms with Crippen LogP contribution in [0.15, 0.2) is 36.5 Å². The summed E-state index contributed by atoms with van der Waals surface area (Å²) in [6, 6.07) is 9.58. The van der Waals surface area contributed by atoms with Crippen molar-refractivity contribution in [1.82, 2.24) is 15.1 Å². The molecule has 1 aliphatic rings. The third kappa shape index (κ3) is 3.45. The van der Waals surface area contributed by atoms with Gasteiger partial charge in [-0.05, 0) is 43.0 Å². The van der Waals surface area contributed by atoms with E-state index in [1.165, 1.54) is 30.5 Å². The highest BCUT2D eigenvalue weighted by Gasteiger charge is 2.23. The van der Waals surface area contributed by atoms with Gasteiger partial charge in [-0.2, -0.15) is 5.10 Å². The van der Waals surface area contributed by atoms with Crippen LogP contribution in [-0.4, -0.2) is 22.4 Å². The van der Waals surface area contributed by atoms with Gasteiger partial charge in [0.1, 0.15) is 5.82 Å². The van der Waals surface area contributed by atoms with Gasteiger partial charge in [-0.3, -0.25) is 4.68 Å². The second-order valence-electron chi connectivity index (χ2n) is 5.62. The lowest BCUT2D eigenvalue weighted by molar-refractivity contribution is 0.565. The molecule has 1 heterocycles. The molecule has 0 bridgehead atoms. The van der Waals surface area contributed by atoms with E-state index in [0.29, 0.717) is 12.0 Å². The first-order valence-electron chi connectivity index (χ1n) is 7.18. The molecule has 0 amide bonds. The molecule has 4 heteroatoms. The van der Waals surface area contributed by atoms with Crippen molar-refractivity contribution in [2.75, 3.05) is 6.54 Å². The molecule has 1 aliphatic carbocycles. The van der Waals surface area contributed by atoms with E-state index in [0.717, 1.165) is 18.7 Å². The lowest BCUT2D eigenvalue weighted by Gasteiger charge is -2.17. The van der Waals surface area contributed by atoms with E-state index in [2.05, 4.69) is 10.4 Å². The molecule has 0 spiro atoms. The Morgan fingerprint density at radius 3 is 2.65 bits per heavy atom. The van der Waals surface area contributed by atoms with Gasteiger partial charge in [0, 0.05) is 31.7 Å². The Balaban J connectivity index is 1.73. The minimum Gasteiger partial charge on any atom is -0.313 e. The second-order valence-corrected chi connectivity index (χ2v) is 5.62. The standard InChI is InChI=1S/C16H20FN3/c1-20-9-8-16(19-20)10-13(11-18-15-6-7-15)12-2-4-14(17)5-3-12/h2-5,8-9,13,15,18H,6-7,10-11H2,1H3. The number of aromatic nitrogens is 2. The molecule has 3 nitrogen and oxygen atoms in total. The van der Waals surface area contributed by atoms with Crippen LogP contribution in [0.25, 0.3) is 0 Å². The summed E-state index contributed by atoms with van der Waals surface area (Å²) in [4.78, 5) is 0. The summed E-state index contributed by atoms with van der Waals surface area (Å²) in [7, 11) is 1.93. The zero-order valence-corrected chi connectivity index (χ0v) is 11.7. The molecular weight excluding hydrogens is 253 g/mol. The number of benzene rings is 1. The van der Waals surface area contributed by atoms with Crippen LogP contribution >= 0.6 is 0 Å². The van der Waals surface area contributed by atoms with Gasteiger partial charge in [0.15, 0.2) is 0 Å². The fourth-order valence-corrected chi connectivity index (χ4v) is 2.46. The summed E-state index contributed by atoms with van der Waals surface area (Å²) < 4.78 is 14.9. The molecule has 1 fully saturated rings. The topological polar surface area (TPSA) is 29.9 Å². The minimum absolute atomic E-state index is 0.180. The van der Waals surface area contributed by atoms with E-state index in [1.54, 1.807) is 0 Å². The van der Waals surface area contributed by atoms with Crippen LogP contribution in [0, 0.1) is 5.82 Å². The zero-order valence-electron chi connectivity index (χ0n) is 11.7. The summed E-state index contributed by atoms with van der Waals surface area (Å²) in [5.74, 6) is 0.159. The maximum atomic E-state index is 13.1. The Morgan fingerprint density at radius 1 is 1.30 bits per heavy atom. The van der Waals surface area contributed by atoms with Gasteiger partial charge in [-0.15, -0.1) is 0 Å². The van der Waals surface area contributed by atoms with E-state index in [1.807, 2.05) is 36.1 Å². The molecule has 0 radical (unpaired) electrons. The molecule has 1 N–H and O–H groups in total. The molecule has 0 saturated heterocycles. The molecule has 0 aliphatic heterocycles. The van der Waals surface area contributed by atoms with Crippen LogP contribution in [-0.2, 0) is 13.5 Å². The number of rotatable bonds is 6. The summed E-state index contributed by atoms with van der Waals surface area (Å²) in [5, 5.41) is 8.02. The lowest BCUT2D eigenvalue weighted by atomic mass is 9.94. The predicted octanol–water partition coefficient (Wildman–Crippen LogP) is 2.64. The molecule has 20 heavy (non-hydrogen) atoms.